The van der Waals surface area contributed by atoms with Gasteiger partial charge in [-0.2, -0.15) is 13.2 Å². The van der Waals surface area contributed by atoms with Gasteiger partial charge in [-0.25, -0.2) is 4.39 Å². The summed E-state index contributed by atoms with van der Waals surface area (Å²) in [5.41, 5.74) is 0.344. The molecule has 3 aromatic carbocycles. The number of halogens is 4. The number of rotatable bonds is 5. The quantitative estimate of drug-likeness (QED) is 0.315. The molecule has 4 nitrogen and oxygen atoms in total. The van der Waals surface area contributed by atoms with Crippen molar-refractivity contribution in [2.75, 3.05) is 10.6 Å². The van der Waals surface area contributed by atoms with E-state index in [1.807, 2.05) is 6.92 Å². The molecule has 3 rings (SSSR count). The van der Waals surface area contributed by atoms with Crippen LogP contribution >= 0.6 is 12.2 Å². The van der Waals surface area contributed by atoms with Gasteiger partial charge in [0, 0.05) is 11.4 Å². The Morgan fingerprint density at radius 3 is 2.03 bits per heavy atom. The number of carbonyl (C=O) groups excluding carboxylic acids is 1. The molecule has 32 heavy (non-hydrogen) atoms. The summed E-state index contributed by atoms with van der Waals surface area (Å²) < 4.78 is 52.4. The standard InChI is InChI=1S/C23H19F4N3OS/c1-14(15-6-8-16(24)9-7-15)28-22(32)30-18-12-10-17(11-13-18)29-21(31)19-4-2-3-5-20(19)23(25,26)27/h2-14H,1H3,(H,29,31)(H2,28,30,32). The Kier molecular flexibility index (Phi) is 7.09. The van der Waals surface area contributed by atoms with Crippen LogP contribution in [0.4, 0.5) is 28.9 Å². The third kappa shape index (κ3) is 6.04. The highest BCUT2D eigenvalue weighted by Gasteiger charge is 2.34. The van der Waals surface area contributed by atoms with E-state index in [1.165, 1.54) is 24.3 Å². The molecule has 1 atom stereocenters. The van der Waals surface area contributed by atoms with Gasteiger partial charge in [0.2, 0.25) is 0 Å². The maximum Gasteiger partial charge on any atom is 0.417 e. The van der Waals surface area contributed by atoms with Gasteiger partial charge in [0.1, 0.15) is 5.82 Å². The number of thiocarbonyl (C=S) groups is 1. The Morgan fingerprint density at radius 2 is 1.44 bits per heavy atom. The van der Waals surface area contributed by atoms with E-state index >= 15 is 0 Å². The van der Waals surface area contributed by atoms with Crippen molar-refractivity contribution in [3.63, 3.8) is 0 Å². The van der Waals surface area contributed by atoms with Crippen molar-refractivity contribution in [1.29, 1.82) is 0 Å². The monoisotopic (exact) mass is 461 g/mol. The van der Waals surface area contributed by atoms with Gasteiger partial charge in [-0.3, -0.25) is 4.79 Å². The van der Waals surface area contributed by atoms with Crippen LogP contribution in [0.1, 0.15) is 34.5 Å². The van der Waals surface area contributed by atoms with Crippen molar-refractivity contribution in [3.8, 4) is 0 Å². The van der Waals surface area contributed by atoms with E-state index in [9.17, 15) is 22.4 Å². The summed E-state index contributed by atoms with van der Waals surface area (Å²) in [7, 11) is 0. The Morgan fingerprint density at radius 1 is 0.875 bits per heavy atom. The first-order valence-corrected chi connectivity index (χ1v) is 9.95. The molecule has 9 heteroatoms. The molecule has 0 saturated heterocycles. The number of benzene rings is 3. The van der Waals surface area contributed by atoms with Crippen molar-refractivity contribution in [2.24, 2.45) is 0 Å². The van der Waals surface area contributed by atoms with Crippen LogP contribution in [0.5, 0.6) is 0 Å². The van der Waals surface area contributed by atoms with E-state index in [-0.39, 0.29) is 11.9 Å². The maximum absolute atomic E-state index is 13.1. The summed E-state index contributed by atoms with van der Waals surface area (Å²) in [6.45, 7) is 1.87. The van der Waals surface area contributed by atoms with Crippen molar-refractivity contribution in [2.45, 2.75) is 19.1 Å². The third-order valence-electron chi connectivity index (χ3n) is 4.60. The number of nitrogens with one attached hydrogen (secondary N) is 3. The van der Waals surface area contributed by atoms with Crippen LogP contribution in [-0.4, -0.2) is 11.0 Å². The summed E-state index contributed by atoms with van der Waals surface area (Å²) in [4.78, 5) is 12.3. The predicted molar refractivity (Wildman–Crippen MR) is 120 cm³/mol. The van der Waals surface area contributed by atoms with Gasteiger partial charge in [-0.1, -0.05) is 24.3 Å². The minimum absolute atomic E-state index is 0.164. The molecule has 0 saturated carbocycles. The van der Waals surface area contributed by atoms with Gasteiger partial charge in [0.25, 0.3) is 5.91 Å². The van der Waals surface area contributed by atoms with Gasteiger partial charge >= 0.3 is 6.18 Å². The van der Waals surface area contributed by atoms with E-state index < -0.39 is 23.2 Å². The predicted octanol–water partition coefficient (Wildman–Crippen LogP) is 6.14. The second-order valence-electron chi connectivity index (χ2n) is 6.95. The van der Waals surface area contributed by atoms with Gasteiger partial charge in [0.05, 0.1) is 17.2 Å². The molecule has 3 N–H and O–H groups in total. The topological polar surface area (TPSA) is 53.2 Å². The van der Waals surface area contributed by atoms with Gasteiger partial charge < -0.3 is 16.0 Å². The Hall–Kier alpha value is -3.46. The zero-order valence-electron chi connectivity index (χ0n) is 16.8. The first-order chi connectivity index (χ1) is 15.1. The molecular weight excluding hydrogens is 442 g/mol. The lowest BCUT2D eigenvalue weighted by atomic mass is 10.1. The lowest BCUT2D eigenvalue weighted by Crippen LogP contribution is -2.30. The van der Waals surface area contributed by atoms with Crippen molar-refractivity contribution in [3.05, 3.63) is 95.3 Å². The molecule has 0 fully saturated rings. The van der Waals surface area contributed by atoms with E-state index in [2.05, 4.69) is 16.0 Å². The van der Waals surface area contributed by atoms with Crippen LogP contribution in [0.2, 0.25) is 0 Å². The molecule has 0 aliphatic rings. The minimum atomic E-state index is -4.63. The summed E-state index contributed by atoms with van der Waals surface area (Å²) in [5, 5.41) is 8.85. The van der Waals surface area contributed by atoms with Crippen LogP contribution in [0.15, 0.2) is 72.8 Å². The highest BCUT2D eigenvalue weighted by Crippen LogP contribution is 2.32. The Labute approximate surface area is 187 Å². The SMILES string of the molecule is CC(NC(=S)Nc1ccc(NC(=O)c2ccccc2C(F)(F)F)cc1)c1ccc(F)cc1. The number of anilines is 2. The van der Waals surface area contributed by atoms with E-state index in [4.69, 9.17) is 12.2 Å². The molecule has 0 aliphatic heterocycles. The molecule has 1 amide bonds. The number of carbonyl (C=O) groups is 1. The van der Waals surface area contributed by atoms with E-state index in [1.54, 1.807) is 36.4 Å². The first kappa shape index (κ1) is 23.2. The average Bonchev–Trinajstić information content (AvgIpc) is 2.75. The Bertz CT molecular complexity index is 1100. The van der Waals surface area contributed by atoms with Crippen molar-refractivity contribution < 1.29 is 22.4 Å². The fourth-order valence-corrected chi connectivity index (χ4v) is 3.26. The second kappa shape index (κ2) is 9.78. The zero-order chi connectivity index (χ0) is 23.3. The third-order valence-corrected chi connectivity index (χ3v) is 4.82. The van der Waals surface area contributed by atoms with Crippen LogP contribution in [0.3, 0.4) is 0 Å². The number of amides is 1. The summed E-state index contributed by atoms with van der Waals surface area (Å²) in [6, 6.07) is 16.8. The number of hydrogen-bond acceptors (Lipinski definition) is 2. The lowest BCUT2D eigenvalue weighted by molar-refractivity contribution is -0.137. The molecule has 0 heterocycles. The van der Waals surface area contributed by atoms with Gasteiger partial charge in [0.15, 0.2) is 5.11 Å². The Balaban J connectivity index is 1.60. The molecule has 3 aromatic rings. The lowest BCUT2D eigenvalue weighted by Gasteiger charge is -2.17. The van der Waals surface area contributed by atoms with E-state index in [0.29, 0.717) is 16.5 Å². The summed E-state index contributed by atoms with van der Waals surface area (Å²) in [5.74, 6) is -1.18. The first-order valence-electron chi connectivity index (χ1n) is 9.54. The number of alkyl halides is 3. The summed E-state index contributed by atoms with van der Waals surface area (Å²) >= 11 is 5.28. The van der Waals surface area contributed by atoms with Gasteiger partial charge in [-0.05, 0) is 73.2 Å². The normalized spacial score (nSPS) is 12.0. The maximum atomic E-state index is 13.1. The zero-order valence-corrected chi connectivity index (χ0v) is 17.7. The average molecular weight is 461 g/mol. The minimum Gasteiger partial charge on any atom is -0.356 e. The molecule has 1 unspecified atom stereocenters. The molecule has 166 valence electrons. The highest BCUT2D eigenvalue weighted by molar-refractivity contribution is 7.80. The summed E-state index contributed by atoms with van der Waals surface area (Å²) in [6.07, 6.45) is -4.63. The molecule has 0 radical (unpaired) electrons. The molecular formula is C23H19F4N3OS. The van der Waals surface area contributed by atoms with Crippen LogP contribution in [0.25, 0.3) is 0 Å². The molecule has 0 aliphatic carbocycles. The highest BCUT2D eigenvalue weighted by atomic mass is 32.1. The van der Waals surface area contributed by atoms with Crippen LogP contribution in [-0.2, 0) is 6.18 Å². The molecule has 0 aromatic heterocycles. The fraction of sp³-hybridized carbons (Fsp3) is 0.130. The largest absolute Gasteiger partial charge is 0.417 e. The van der Waals surface area contributed by atoms with Crippen molar-refractivity contribution >= 4 is 34.6 Å². The smallest absolute Gasteiger partial charge is 0.356 e. The molecule has 0 spiro atoms. The van der Waals surface area contributed by atoms with Crippen LogP contribution in [0, 0.1) is 5.82 Å². The number of hydrogen-bond donors (Lipinski definition) is 3. The fourth-order valence-electron chi connectivity index (χ4n) is 2.96. The van der Waals surface area contributed by atoms with E-state index in [0.717, 1.165) is 17.7 Å². The second-order valence-corrected chi connectivity index (χ2v) is 7.35. The molecule has 0 bridgehead atoms. The van der Waals surface area contributed by atoms with Crippen molar-refractivity contribution in [1.82, 2.24) is 5.32 Å². The van der Waals surface area contributed by atoms with Crippen LogP contribution < -0.4 is 16.0 Å². The van der Waals surface area contributed by atoms with Gasteiger partial charge in [-0.15, -0.1) is 0 Å².